The number of hydrogen-bond acceptors (Lipinski definition) is 4. The largest absolute Gasteiger partial charge is 0.457 e. The number of carbonyl (C=O) groups is 1. The van der Waals surface area contributed by atoms with Gasteiger partial charge in [0.25, 0.3) is 0 Å². The normalized spacial score (nSPS) is 13.1. The summed E-state index contributed by atoms with van der Waals surface area (Å²) in [6.07, 6.45) is 1.61. The minimum Gasteiger partial charge on any atom is -0.457 e. The first-order valence-electron chi connectivity index (χ1n) is 6.14. The second-order valence-electron chi connectivity index (χ2n) is 5.14. The van der Waals surface area contributed by atoms with Gasteiger partial charge < -0.3 is 19.9 Å². The molecular formula is C13H23N3O2. The molecule has 2 N–H and O–H groups in total. The Morgan fingerprint density at radius 3 is 2.56 bits per heavy atom. The minimum absolute atomic E-state index is 0.149. The van der Waals surface area contributed by atoms with Gasteiger partial charge in [-0.2, -0.15) is 0 Å². The van der Waals surface area contributed by atoms with Crippen molar-refractivity contribution in [3.8, 4) is 0 Å². The molecule has 5 nitrogen and oxygen atoms in total. The van der Waals surface area contributed by atoms with E-state index in [1.54, 1.807) is 12.3 Å². The van der Waals surface area contributed by atoms with E-state index >= 15 is 0 Å². The number of ether oxygens (including phenoxy) is 1. The topological polar surface area (TPSA) is 60.5 Å². The predicted molar refractivity (Wildman–Crippen MR) is 72.7 cm³/mol. The van der Waals surface area contributed by atoms with Gasteiger partial charge in [-0.05, 0) is 40.9 Å². The lowest BCUT2D eigenvalue weighted by Gasteiger charge is -2.18. The van der Waals surface area contributed by atoms with Crippen LogP contribution in [0.5, 0.6) is 0 Å². The molecule has 1 atom stereocenters. The van der Waals surface area contributed by atoms with E-state index in [1.165, 1.54) is 0 Å². The molecule has 0 fully saturated rings. The van der Waals surface area contributed by atoms with Crippen molar-refractivity contribution in [2.24, 2.45) is 0 Å². The number of nitrogen functional groups attached to an aromatic ring is 1. The SMILES string of the molecule is CC(CN(C)C)OC(=O)c1cc(N)cn1C(C)C. The van der Waals surface area contributed by atoms with Crippen molar-refractivity contribution in [1.29, 1.82) is 0 Å². The van der Waals surface area contributed by atoms with E-state index in [4.69, 9.17) is 10.5 Å². The van der Waals surface area contributed by atoms with Crippen LogP contribution >= 0.6 is 0 Å². The molecule has 1 aromatic heterocycles. The van der Waals surface area contributed by atoms with Crippen LogP contribution in [0, 0.1) is 0 Å². The van der Waals surface area contributed by atoms with Crippen LogP contribution in [-0.4, -0.2) is 42.2 Å². The average Bonchev–Trinajstić information content (AvgIpc) is 2.58. The molecule has 0 aliphatic carbocycles. The van der Waals surface area contributed by atoms with Crippen molar-refractivity contribution in [3.05, 3.63) is 18.0 Å². The van der Waals surface area contributed by atoms with Crippen molar-refractivity contribution in [3.63, 3.8) is 0 Å². The van der Waals surface area contributed by atoms with E-state index < -0.39 is 0 Å². The van der Waals surface area contributed by atoms with Crippen molar-refractivity contribution in [1.82, 2.24) is 9.47 Å². The van der Waals surface area contributed by atoms with Gasteiger partial charge >= 0.3 is 5.97 Å². The summed E-state index contributed by atoms with van der Waals surface area (Å²) < 4.78 is 7.23. The van der Waals surface area contributed by atoms with Gasteiger partial charge in [-0.15, -0.1) is 0 Å². The first-order chi connectivity index (χ1) is 8.31. The smallest absolute Gasteiger partial charge is 0.355 e. The van der Waals surface area contributed by atoms with E-state index in [1.807, 2.05) is 44.3 Å². The molecular weight excluding hydrogens is 230 g/mol. The summed E-state index contributed by atoms with van der Waals surface area (Å²) in [6.45, 7) is 6.58. The zero-order chi connectivity index (χ0) is 13.9. The van der Waals surface area contributed by atoms with Crippen LogP contribution in [0.4, 0.5) is 5.69 Å². The van der Waals surface area contributed by atoms with Gasteiger partial charge in [0.15, 0.2) is 0 Å². The highest BCUT2D eigenvalue weighted by molar-refractivity contribution is 5.89. The Hall–Kier alpha value is -1.49. The second kappa shape index (κ2) is 5.91. The summed E-state index contributed by atoms with van der Waals surface area (Å²) in [5.74, 6) is -0.324. The molecule has 1 aromatic rings. The third-order valence-electron chi connectivity index (χ3n) is 2.57. The van der Waals surface area contributed by atoms with Crippen molar-refractivity contribution >= 4 is 11.7 Å². The maximum atomic E-state index is 12.1. The second-order valence-corrected chi connectivity index (χ2v) is 5.14. The highest BCUT2D eigenvalue weighted by atomic mass is 16.5. The number of nitrogens with two attached hydrogens (primary N) is 1. The van der Waals surface area contributed by atoms with E-state index in [0.29, 0.717) is 17.9 Å². The number of esters is 1. The van der Waals surface area contributed by atoms with Crippen LogP contribution < -0.4 is 5.73 Å². The number of nitrogens with zero attached hydrogens (tertiary/aromatic N) is 2. The van der Waals surface area contributed by atoms with Crippen LogP contribution in [0.1, 0.15) is 37.3 Å². The highest BCUT2D eigenvalue weighted by Gasteiger charge is 2.18. The van der Waals surface area contributed by atoms with Gasteiger partial charge in [-0.25, -0.2) is 4.79 Å². The molecule has 1 rings (SSSR count). The number of carbonyl (C=O) groups excluding carboxylic acids is 1. The van der Waals surface area contributed by atoms with Gasteiger partial charge in [-0.3, -0.25) is 0 Å². The summed E-state index contributed by atoms with van der Waals surface area (Å²) in [5.41, 5.74) is 6.82. The molecule has 1 unspecified atom stereocenters. The van der Waals surface area contributed by atoms with Crippen LogP contribution in [0.15, 0.2) is 12.3 Å². The Morgan fingerprint density at radius 1 is 1.44 bits per heavy atom. The Bertz CT molecular complexity index is 410. The summed E-state index contributed by atoms with van der Waals surface area (Å²) in [4.78, 5) is 14.0. The maximum Gasteiger partial charge on any atom is 0.355 e. The Kier molecular flexibility index (Phi) is 4.78. The fraction of sp³-hybridized carbons (Fsp3) is 0.615. The summed E-state index contributed by atoms with van der Waals surface area (Å²) in [5, 5.41) is 0. The van der Waals surface area contributed by atoms with E-state index in [-0.39, 0.29) is 18.1 Å². The highest BCUT2D eigenvalue weighted by Crippen LogP contribution is 2.17. The van der Waals surface area contributed by atoms with E-state index in [0.717, 1.165) is 0 Å². The molecule has 0 spiro atoms. The van der Waals surface area contributed by atoms with Crippen molar-refractivity contribution in [2.45, 2.75) is 32.9 Å². The minimum atomic E-state index is -0.324. The number of anilines is 1. The fourth-order valence-electron chi connectivity index (χ4n) is 1.89. The van der Waals surface area contributed by atoms with Crippen molar-refractivity contribution < 1.29 is 9.53 Å². The lowest BCUT2D eigenvalue weighted by Crippen LogP contribution is -2.28. The first-order valence-corrected chi connectivity index (χ1v) is 6.14. The molecule has 0 bridgehead atoms. The average molecular weight is 253 g/mol. The molecule has 0 saturated heterocycles. The van der Waals surface area contributed by atoms with Gasteiger partial charge in [0.05, 0.1) is 5.69 Å². The van der Waals surface area contributed by atoms with Crippen LogP contribution in [-0.2, 0) is 4.74 Å². The first kappa shape index (κ1) is 14.6. The van der Waals surface area contributed by atoms with Gasteiger partial charge in [0.2, 0.25) is 0 Å². The maximum absolute atomic E-state index is 12.1. The lowest BCUT2D eigenvalue weighted by molar-refractivity contribution is 0.0275. The predicted octanol–water partition coefficient (Wildman–Crippen LogP) is 1.76. The number of hydrogen-bond donors (Lipinski definition) is 1. The lowest BCUT2D eigenvalue weighted by atomic mass is 10.3. The van der Waals surface area contributed by atoms with Crippen LogP contribution in [0.25, 0.3) is 0 Å². The quantitative estimate of drug-likeness (QED) is 0.812. The van der Waals surface area contributed by atoms with Gasteiger partial charge in [0.1, 0.15) is 11.8 Å². The fourth-order valence-corrected chi connectivity index (χ4v) is 1.89. The number of rotatable bonds is 5. The Balaban J connectivity index is 2.78. The van der Waals surface area contributed by atoms with E-state index in [2.05, 4.69) is 0 Å². The summed E-state index contributed by atoms with van der Waals surface area (Å²) in [7, 11) is 3.89. The Morgan fingerprint density at radius 2 is 2.06 bits per heavy atom. The molecule has 102 valence electrons. The summed E-state index contributed by atoms with van der Waals surface area (Å²) in [6, 6.07) is 1.83. The molecule has 1 heterocycles. The van der Waals surface area contributed by atoms with Gasteiger partial charge in [0, 0.05) is 18.8 Å². The number of aromatic nitrogens is 1. The third-order valence-corrected chi connectivity index (χ3v) is 2.57. The van der Waals surface area contributed by atoms with Crippen molar-refractivity contribution in [2.75, 3.05) is 26.4 Å². The molecule has 18 heavy (non-hydrogen) atoms. The van der Waals surface area contributed by atoms with Crippen LogP contribution in [0.3, 0.4) is 0 Å². The zero-order valence-corrected chi connectivity index (χ0v) is 11.8. The molecule has 0 radical (unpaired) electrons. The Labute approximate surface area is 109 Å². The van der Waals surface area contributed by atoms with Gasteiger partial charge in [-0.1, -0.05) is 0 Å². The molecule has 0 aliphatic heterocycles. The zero-order valence-electron chi connectivity index (χ0n) is 11.8. The van der Waals surface area contributed by atoms with E-state index in [9.17, 15) is 4.79 Å². The number of likely N-dealkylation sites (N-methyl/N-ethyl adjacent to an activating group) is 1. The third kappa shape index (κ3) is 3.77. The monoisotopic (exact) mass is 253 g/mol. The molecule has 0 amide bonds. The molecule has 0 aliphatic rings. The summed E-state index contributed by atoms with van der Waals surface area (Å²) >= 11 is 0. The van der Waals surface area contributed by atoms with Crippen LogP contribution in [0.2, 0.25) is 0 Å². The standard InChI is InChI=1S/C13H23N3O2/c1-9(2)16-8-11(14)6-12(16)13(17)18-10(3)7-15(4)5/h6,8-10H,7,14H2,1-5H3. The molecule has 5 heteroatoms. The molecule has 0 aromatic carbocycles. The molecule has 0 saturated carbocycles.